The summed E-state index contributed by atoms with van der Waals surface area (Å²) < 4.78 is 1.57. The zero-order valence-corrected chi connectivity index (χ0v) is 18.0. The van der Waals surface area contributed by atoms with Gasteiger partial charge in [-0.05, 0) is 38.0 Å². The van der Waals surface area contributed by atoms with Crippen molar-refractivity contribution in [3.63, 3.8) is 0 Å². The Morgan fingerprint density at radius 2 is 1.93 bits per heavy atom. The van der Waals surface area contributed by atoms with Gasteiger partial charge in [0.1, 0.15) is 21.6 Å². The Hall–Kier alpha value is -2.71. The summed E-state index contributed by atoms with van der Waals surface area (Å²) in [5.41, 5.74) is 0.631. The molecule has 0 spiro atoms. The first-order valence-corrected chi connectivity index (χ1v) is 10.1. The highest BCUT2D eigenvalue weighted by atomic mass is 35.5. The van der Waals surface area contributed by atoms with Crippen LogP contribution in [0.25, 0.3) is 10.9 Å². The molecule has 0 bridgehead atoms. The third kappa shape index (κ3) is 3.50. The van der Waals surface area contributed by atoms with Crippen molar-refractivity contribution >= 4 is 45.8 Å². The Labute approximate surface area is 181 Å². The average Bonchev–Trinajstić information content (AvgIpc) is 3.43. The lowest BCUT2D eigenvalue weighted by atomic mass is 10.1. The second-order valence-corrected chi connectivity index (χ2v) is 8.56. The van der Waals surface area contributed by atoms with E-state index in [9.17, 15) is 14.7 Å². The Kier molecular flexibility index (Phi) is 4.94. The quantitative estimate of drug-likeness (QED) is 0.569. The van der Waals surface area contributed by atoms with Crippen molar-refractivity contribution < 1.29 is 9.90 Å². The van der Waals surface area contributed by atoms with E-state index < -0.39 is 12.0 Å². The van der Waals surface area contributed by atoms with Crippen molar-refractivity contribution in [1.82, 2.24) is 19.5 Å². The maximum atomic E-state index is 13.0. The Morgan fingerprint density at radius 1 is 1.23 bits per heavy atom. The lowest BCUT2D eigenvalue weighted by Gasteiger charge is -2.20. The molecular formula is C20H19Cl2N5O3. The van der Waals surface area contributed by atoms with E-state index in [1.54, 1.807) is 18.5 Å². The largest absolute Gasteiger partial charge is 0.476 e. The van der Waals surface area contributed by atoms with Gasteiger partial charge in [0.2, 0.25) is 0 Å². The molecule has 1 atom stereocenters. The lowest BCUT2D eigenvalue weighted by molar-refractivity contribution is 0.0691. The van der Waals surface area contributed by atoms with E-state index in [4.69, 9.17) is 28.2 Å². The summed E-state index contributed by atoms with van der Waals surface area (Å²) in [5.74, 6) is -0.510. The smallest absolute Gasteiger partial charge is 0.356 e. The molecule has 10 heteroatoms. The number of fused-ring (bicyclic) bond motifs is 1. The molecule has 1 unspecified atom stereocenters. The summed E-state index contributed by atoms with van der Waals surface area (Å²) in [7, 11) is 1.71. The van der Waals surface area contributed by atoms with Gasteiger partial charge in [0.15, 0.2) is 5.69 Å². The van der Waals surface area contributed by atoms with Gasteiger partial charge in [0, 0.05) is 12.5 Å². The van der Waals surface area contributed by atoms with Gasteiger partial charge in [-0.3, -0.25) is 9.36 Å². The zero-order valence-electron chi connectivity index (χ0n) is 16.5. The topological polar surface area (TPSA) is 110 Å². The second-order valence-electron chi connectivity index (χ2n) is 7.79. The molecule has 3 heterocycles. The molecule has 2 N–H and O–H groups in total. The van der Waals surface area contributed by atoms with Crippen LogP contribution in [-0.4, -0.2) is 30.6 Å². The number of hydrogen-bond acceptors (Lipinski definition) is 6. The number of aromatic nitrogens is 4. The molecule has 1 aliphatic rings. The van der Waals surface area contributed by atoms with E-state index in [-0.39, 0.29) is 32.7 Å². The van der Waals surface area contributed by atoms with Crippen molar-refractivity contribution in [3.05, 3.63) is 56.1 Å². The minimum atomic E-state index is -1.22. The molecule has 156 valence electrons. The van der Waals surface area contributed by atoms with Crippen LogP contribution in [0.15, 0.2) is 23.0 Å². The summed E-state index contributed by atoms with van der Waals surface area (Å²) in [5, 5.41) is 13.1. The van der Waals surface area contributed by atoms with Crippen LogP contribution >= 0.6 is 23.2 Å². The molecule has 3 aromatic heterocycles. The zero-order chi connectivity index (χ0) is 21.8. The molecule has 0 amide bonds. The van der Waals surface area contributed by atoms with E-state index in [1.807, 2.05) is 0 Å². The van der Waals surface area contributed by atoms with Gasteiger partial charge >= 0.3 is 5.97 Å². The summed E-state index contributed by atoms with van der Waals surface area (Å²) in [4.78, 5) is 37.6. The van der Waals surface area contributed by atoms with Crippen LogP contribution in [0, 0.1) is 0 Å². The van der Waals surface area contributed by atoms with Crippen LogP contribution < -0.4 is 10.9 Å². The molecule has 0 aromatic carbocycles. The molecule has 1 aliphatic carbocycles. The monoisotopic (exact) mass is 447 g/mol. The molecule has 3 aromatic rings. The fraction of sp³-hybridized carbons (Fsp3) is 0.350. The summed E-state index contributed by atoms with van der Waals surface area (Å²) in [6, 6.07) is 4.03. The molecule has 0 aliphatic heterocycles. The number of halogens is 2. The average molecular weight is 448 g/mol. The van der Waals surface area contributed by atoms with Gasteiger partial charge in [-0.15, -0.1) is 0 Å². The minimum Gasteiger partial charge on any atom is -0.476 e. The van der Waals surface area contributed by atoms with Crippen LogP contribution in [0.5, 0.6) is 0 Å². The molecule has 0 saturated heterocycles. The number of carboxylic acids is 1. The van der Waals surface area contributed by atoms with Crippen LogP contribution in [0.3, 0.4) is 0 Å². The van der Waals surface area contributed by atoms with Crippen LogP contribution in [0.1, 0.15) is 54.7 Å². The molecular weight excluding hydrogens is 429 g/mol. The highest BCUT2D eigenvalue weighted by Gasteiger charge is 2.43. The first kappa shape index (κ1) is 20.6. The maximum absolute atomic E-state index is 13.0. The SMILES string of the molecule is CC(Nc1ccc(Cl)nc1C(=O)O)c1nc(Cl)cc2c(=O)n(C)c(C3(C)CC3)nc12. The van der Waals surface area contributed by atoms with Crippen molar-refractivity contribution in [2.45, 2.75) is 38.1 Å². The van der Waals surface area contributed by atoms with Crippen molar-refractivity contribution in [2.24, 2.45) is 7.05 Å². The van der Waals surface area contributed by atoms with E-state index >= 15 is 0 Å². The van der Waals surface area contributed by atoms with E-state index in [0.717, 1.165) is 12.8 Å². The highest BCUT2D eigenvalue weighted by Crippen LogP contribution is 2.46. The molecule has 8 nitrogen and oxygen atoms in total. The van der Waals surface area contributed by atoms with Gasteiger partial charge in [-0.25, -0.2) is 19.7 Å². The first-order chi connectivity index (χ1) is 14.1. The maximum Gasteiger partial charge on any atom is 0.356 e. The van der Waals surface area contributed by atoms with Gasteiger partial charge in [0.05, 0.1) is 22.8 Å². The van der Waals surface area contributed by atoms with E-state index in [1.165, 1.54) is 18.2 Å². The van der Waals surface area contributed by atoms with Crippen molar-refractivity contribution in [1.29, 1.82) is 0 Å². The number of anilines is 1. The van der Waals surface area contributed by atoms with Crippen LogP contribution in [-0.2, 0) is 12.5 Å². The minimum absolute atomic E-state index is 0.0735. The lowest BCUT2D eigenvalue weighted by Crippen LogP contribution is -2.27. The number of carboxylic acid groups (broad SMARTS) is 1. The number of aromatic carboxylic acids is 1. The number of nitrogens with zero attached hydrogens (tertiary/aromatic N) is 4. The highest BCUT2D eigenvalue weighted by molar-refractivity contribution is 6.30. The normalized spacial score (nSPS) is 15.8. The summed E-state index contributed by atoms with van der Waals surface area (Å²) in [6.45, 7) is 3.86. The molecule has 4 rings (SSSR count). The number of carbonyl (C=O) groups is 1. The summed E-state index contributed by atoms with van der Waals surface area (Å²) in [6.07, 6.45) is 1.92. The Bertz CT molecular complexity index is 1250. The predicted octanol–water partition coefficient (Wildman–Crippen LogP) is 3.95. The third-order valence-corrected chi connectivity index (χ3v) is 5.85. The molecule has 1 fully saturated rings. The van der Waals surface area contributed by atoms with Gasteiger partial charge < -0.3 is 10.4 Å². The predicted molar refractivity (Wildman–Crippen MR) is 115 cm³/mol. The van der Waals surface area contributed by atoms with Crippen LogP contribution in [0.4, 0.5) is 5.69 Å². The number of nitrogens with one attached hydrogen (secondary N) is 1. The number of hydrogen-bond donors (Lipinski definition) is 2. The first-order valence-electron chi connectivity index (χ1n) is 9.35. The standard InChI is InChI=1S/C20H19Cl2N5O3/c1-9(23-11-4-5-12(21)24-16(11)18(29)30)14-15-10(8-13(22)25-14)17(28)27(3)19(26-15)20(2)6-7-20/h4-5,8-9,23H,6-7H2,1-3H3,(H,29,30). The van der Waals surface area contributed by atoms with Gasteiger partial charge in [-0.2, -0.15) is 0 Å². The Balaban J connectivity index is 1.86. The van der Waals surface area contributed by atoms with Gasteiger partial charge in [0.25, 0.3) is 5.56 Å². The third-order valence-electron chi connectivity index (χ3n) is 5.44. The van der Waals surface area contributed by atoms with E-state index in [0.29, 0.717) is 22.4 Å². The van der Waals surface area contributed by atoms with Crippen LogP contribution in [0.2, 0.25) is 10.3 Å². The number of pyridine rings is 2. The molecule has 1 saturated carbocycles. The Morgan fingerprint density at radius 3 is 2.57 bits per heavy atom. The van der Waals surface area contributed by atoms with E-state index in [2.05, 4.69) is 22.2 Å². The molecule has 30 heavy (non-hydrogen) atoms. The van der Waals surface area contributed by atoms with Crippen molar-refractivity contribution in [2.75, 3.05) is 5.32 Å². The van der Waals surface area contributed by atoms with Gasteiger partial charge in [-0.1, -0.05) is 30.1 Å². The summed E-state index contributed by atoms with van der Waals surface area (Å²) >= 11 is 12.0. The van der Waals surface area contributed by atoms with Crippen molar-refractivity contribution in [3.8, 4) is 0 Å². The number of rotatable bonds is 5. The fourth-order valence-corrected chi connectivity index (χ4v) is 3.88. The fourth-order valence-electron chi connectivity index (χ4n) is 3.53. The second kappa shape index (κ2) is 7.21. The molecule has 0 radical (unpaired) electrons.